The summed E-state index contributed by atoms with van der Waals surface area (Å²) in [5.74, 6) is 0.920. The molecular formula is C21H23NO. The smallest absolute Gasteiger partial charge is 0.127 e. The maximum absolute atomic E-state index is 6.54. The standard InChI is InChI=1S/C21H23NO/c1-16-8-3-6-12-19(16)21(2,22)14-15-23-20-13-7-10-17-9-4-5-11-18(17)20/h3-13H,14-15,22H2,1-2H3. The van der Waals surface area contributed by atoms with Gasteiger partial charge in [-0.05, 0) is 36.4 Å². The second kappa shape index (κ2) is 6.43. The summed E-state index contributed by atoms with van der Waals surface area (Å²) in [4.78, 5) is 0. The Labute approximate surface area is 137 Å². The van der Waals surface area contributed by atoms with Crippen LogP contribution in [0.3, 0.4) is 0 Å². The molecule has 0 saturated carbocycles. The first-order valence-corrected chi connectivity index (χ1v) is 8.03. The Morgan fingerprint density at radius 3 is 2.43 bits per heavy atom. The summed E-state index contributed by atoms with van der Waals surface area (Å²) < 4.78 is 6.04. The summed E-state index contributed by atoms with van der Waals surface area (Å²) >= 11 is 0. The van der Waals surface area contributed by atoms with Crippen molar-refractivity contribution in [2.45, 2.75) is 25.8 Å². The predicted molar refractivity (Wildman–Crippen MR) is 96.8 cm³/mol. The summed E-state index contributed by atoms with van der Waals surface area (Å²) in [5.41, 5.74) is 8.55. The maximum Gasteiger partial charge on any atom is 0.127 e. The number of nitrogens with two attached hydrogens (primary N) is 1. The van der Waals surface area contributed by atoms with Gasteiger partial charge in [0.25, 0.3) is 0 Å². The highest BCUT2D eigenvalue weighted by Gasteiger charge is 2.22. The van der Waals surface area contributed by atoms with E-state index < -0.39 is 5.54 Å². The van der Waals surface area contributed by atoms with E-state index in [1.165, 1.54) is 16.5 Å². The topological polar surface area (TPSA) is 35.2 Å². The van der Waals surface area contributed by atoms with Crippen LogP contribution in [0.5, 0.6) is 5.75 Å². The molecule has 118 valence electrons. The van der Waals surface area contributed by atoms with Crippen molar-refractivity contribution in [3.8, 4) is 5.75 Å². The highest BCUT2D eigenvalue weighted by molar-refractivity contribution is 5.88. The molecule has 3 aromatic rings. The van der Waals surface area contributed by atoms with Gasteiger partial charge in [-0.2, -0.15) is 0 Å². The predicted octanol–water partition coefficient (Wildman–Crippen LogP) is 4.79. The molecule has 2 N–H and O–H groups in total. The second-order valence-electron chi connectivity index (χ2n) is 6.31. The SMILES string of the molecule is Cc1ccccc1C(C)(N)CCOc1cccc2ccccc12. The molecule has 1 atom stereocenters. The van der Waals surface area contributed by atoms with E-state index >= 15 is 0 Å². The third kappa shape index (κ3) is 3.38. The van der Waals surface area contributed by atoms with E-state index in [0.717, 1.165) is 17.6 Å². The van der Waals surface area contributed by atoms with E-state index in [-0.39, 0.29) is 0 Å². The zero-order valence-electron chi connectivity index (χ0n) is 13.8. The molecule has 0 aromatic heterocycles. The molecule has 0 bridgehead atoms. The fourth-order valence-corrected chi connectivity index (χ4v) is 3.04. The van der Waals surface area contributed by atoms with Crippen LogP contribution in [0.1, 0.15) is 24.5 Å². The van der Waals surface area contributed by atoms with Crippen LogP contribution >= 0.6 is 0 Å². The van der Waals surface area contributed by atoms with Gasteiger partial charge in [0.05, 0.1) is 6.61 Å². The summed E-state index contributed by atoms with van der Waals surface area (Å²) in [7, 11) is 0. The van der Waals surface area contributed by atoms with Crippen LogP contribution in [0, 0.1) is 6.92 Å². The first kappa shape index (κ1) is 15.6. The van der Waals surface area contributed by atoms with Crippen LogP contribution in [0.15, 0.2) is 66.7 Å². The van der Waals surface area contributed by atoms with Gasteiger partial charge in [0.1, 0.15) is 5.75 Å². The van der Waals surface area contributed by atoms with Crippen LogP contribution in [0.25, 0.3) is 10.8 Å². The highest BCUT2D eigenvalue weighted by atomic mass is 16.5. The molecule has 0 heterocycles. The minimum atomic E-state index is -0.393. The van der Waals surface area contributed by atoms with Crippen molar-refractivity contribution in [2.24, 2.45) is 5.73 Å². The van der Waals surface area contributed by atoms with Gasteiger partial charge in [0.15, 0.2) is 0 Å². The molecule has 0 aliphatic rings. The molecule has 0 saturated heterocycles. The van der Waals surface area contributed by atoms with Gasteiger partial charge in [0.2, 0.25) is 0 Å². The number of benzene rings is 3. The average Bonchev–Trinajstić information content (AvgIpc) is 2.55. The van der Waals surface area contributed by atoms with Crippen LogP contribution in [-0.2, 0) is 5.54 Å². The Morgan fingerprint density at radius 1 is 0.913 bits per heavy atom. The van der Waals surface area contributed by atoms with Crippen LogP contribution in [0.2, 0.25) is 0 Å². The lowest BCUT2D eigenvalue weighted by Crippen LogP contribution is -2.35. The molecule has 1 unspecified atom stereocenters. The third-order valence-electron chi connectivity index (χ3n) is 4.39. The molecule has 0 radical (unpaired) electrons. The monoisotopic (exact) mass is 305 g/mol. The molecule has 2 heteroatoms. The summed E-state index contributed by atoms with van der Waals surface area (Å²) in [5, 5.41) is 2.34. The van der Waals surface area contributed by atoms with Gasteiger partial charge in [-0.3, -0.25) is 0 Å². The molecule has 3 aromatic carbocycles. The maximum atomic E-state index is 6.54. The van der Waals surface area contributed by atoms with Gasteiger partial charge in [-0.25, -0.2) is 0 Å². The lowest BCUT2D eigenvalue weighted by Gasteiger charge is -2.27. The summed E-state index contributed by atoms with van der Waals surface area (Å²) in [6.07, 6.45) is 0.765. The minimum absolute atomic E-state index is 0.393. The zero-order chi connectivity index (χ0) is 16.3. The van der Waals surface area contributed by atoms with E-state index in [1.807, 2.05) is 36.4 Å². The number of rotatable bonds is 5. The Bertz CT molecular complexity index is 802. The van der Waals surface area contributed by atoms with Gasteiger partial charge >= 0.3 is 0 Å². The van der Waals surface area contributed by atoms with E-state index in [1.54, 1.807) is 0 Å². The molecule has 0 spiro atoms. The Hall–Kier alpha value is -2.32. The van der Waals surface area contributed by atoms with E-state index in [9.17, 15) is 0 Å². The zero-order valence-corrected chi connectivity index (χ0v) is 13.8. The minimum Gasteiger partial charge on any atom is -0.493 e. The quantitative estimate of drug-likeness (QED) is 0.735. The molecule has 0 aliphatic heterocycles. The molecule has 0 amide bonds. The third-order valence-corrected chi connectivity index (χ3v) is 4.39. The van der Waals surface area contributed by atoms with Gasteiger partial charge < -0.3 is 10.5 Å². The van der Waals surface area contributed by atoms with Crippen LogP contribution < -0.4 is 10.5 Å². The van der Waals surface area contributed by atoms with Crippen molar-refractivity contribution >= 4 is 10.8 Å². The number of ether oxygens (including phenoxy) is 1. The van der Waals surface area contributed by atoms with Crippen LogP contribution in [-0.4, -0.2) is 6.61 Å². The van der Waals surface area contributed by atoms with Crippen molar-refractivity contribution in [1.29, 1.82) is 0 Å². The molecule has 0 fully saturated rings. The van der Waals surface area contributed by atoms with Gasteiger partial charge in [-0.1, -0.05) is 60.7 Å². The van der Waals surface area contributed by atoms with Crippen molar-refractivity contribution in [1.82, 2.24) is 0 Å². The lowest BCUT2D eigenvalue weighted by atomic mass is 9.87. The largest absolute Gasteiger partial charge is 0.493 e. The first-order valence-electron chi connectivity index (χ1n) is 8.03. The molecular weight excluding hydrogens is 282 g/mol. The van der Waals surface area contributed by atoms with E-state index in [0.29, 0.717) is 6.61 Å². The molecule has 23 heavy (non-hydrogen) atoms. The normalized spacial score (nSPS) is 13.7. The molecule has 2 nitrogen and oxygen atoms in total. The number of hydrogen-bond acceptors (Lipinski definition) is 2. The number of hydrogen-bond donors (Lipinski definition) is 1. The Balaban J connectivity index is 1.72. The second-order valence-corrected chi connectivity index (χ2v) is 6.31. The van der Waals surface area contributed by atoms with Crippen molar-refractivity contribution in [3.05, 3.63) is 77.9 Å². The highest BCUT2D eigenvalue weighted by Crippen LogP contribution is 2.28. The van der Waals surface area contributed by atoms with Crippen molar-refractivity contribution in [2.75, 3.05) is 6.61 Å². The molecule has 0 aliphatic carbocycles. The van der Waals surface area contributed by atoms with E-state index in [4.69, 9.17) is 10.5 Å². The van der Waals surface area contributed by atoms with Gasteiger partial charge in [-0.15, -0.1) is 0 Å². The summed E-state index contributed by atoms with van der Waals surface area (Å²) in [6, 6.07) is 22.7. The van der Waals surface area contributed by atoms with E-state index in [2.05, 4.69) is 44.2 Å². The fourth-order valence-electron chi connectivity index (χ4n) is 3.04. The fraction of sp³-hybridized carbons (Fsp3) is 0.238. The molecule has 3 rings (SSSR count). The van der Waals surface area contributed by atoms with Crippen molar-refractivity contribution in [3.63, 3.8) is 0 Å². The van der Waals surface area contributed by atoms with Crippen LogP contribution in [0.4, 0.5) is 0 Å². The first-order chi connectivity index (χ1) is 11.1. The van der Waals surface area contributed by atoms with Gasteiger partial charge in [0, 0.05) is 17.3 Å². The lowest BCUT2D eigenvalue weighted by molar-refractivity contribution is 0.269. The van der Waals surface area contributed by atoms with Crippen molar-refractivity contribution < 1.29 is 4.74 Å². The Kier molecular flexibility index (Phi) is 4.35. The Morgan fingerprint density at radius 2 is 1.61 bits per heavy atom. The average molecular weight is 305 g/mol. The number of fused-ring (bicyclic) bond motifs is 1. The summed E-state index contributed by atoms with van der Waals surface area (Å²) in [6.45, 7) is 4.77. The number of aryl methyl sites for hydroxylation is 1.